The minimum Gasteiger partial charge on any atom is -0.444 e. The van der Waals surface area contributed by atoms with Crippen LogP contribution in [0.3, 0.4) is 0 Å². The van der Waals surface area contributed by atoms with Gasteiger partial charge in [-0.25, -0.2) is 14.8 Å². The zero-order chi connectivity index (χ0) is 25.1. The number of halogens is 1. The molecule has 1 aromatic heterocycles. The Labute approximate surface area is 214 Å². The fourth-order valence-corrected chi connectivity index (χ4v) is 5.99. The van der Waals surface area contributed by atoms with Crippen LogP contribution in [0.2, 0.25) is 18.1 Å². The fraction of sp³-hybridized carbons (Fsp3) is 0.792. The van der Waals surface area contributed by atoms with E-state index in [0.717, 1.165) is 41.0 Å². The summed E-state index contributed by atoms with van der Waals surface area (Å²) in [5.74, 6) is 0. The van der Waals surface area contributed by atoms with E-state index in [1.54, 1.807) is 0 Å². The second-order valence-corrected chi connectivity index (χ2v) is 18.0. The minimum absolute atomic E-state index is 0.0432. The number of carbonyl (C=O) groups excluding carboxylic acids is 1. The van der Waals surface area contributed by atoms with Gasteiger partial charge in [0.05, 0.1) is 16.3 Å². The first-order chi connectivity index (χ1) is 15.1. The van der Waals surface area contributed by atoms with Gasteiger partial charge in [-0.05, 0) is 73.9 Å². The van der Waals surface area contributed by atoms with E-state index in [9.17, 15) is 4.79 Å². The molecule has 1 aliphatic rings. The zero-order valence-electron chi connectivity index (χ0n) is 21.8. The number of amides is 1. The summed E-state index contributed by atoms with van der Waals surface area (Å²) in [5.41, 5.74) is 0.0770. The van der Waals surface area contributed by atoms with E-state index < -0.39 is 13.9 Å². The lowest BCUT2D eigenvalue weighted by Gasteiger charge is -2.48. The average molecular weight is 561 g/mol. The molecular formula is C24H42BrN3O3SSi. The van der Waals surface area contributed by atoms with Gasteiger partial charge in [0.2, 0.25) is 0 Å². The highest BCUT2D eigenvalue weighted by Crippen LogP contribution is 2.52. The summed E-state index contributed by atoms with van der Waals surface area (Å²) in [6, 6.07) is 0. The van der Waals surface area contributed by atoms with E-state index in [0.29, 0.717) is 6.54 Å². The monoisotopic (exact) mass is 559 g/mol. The third kappa shape index (κ3) is 7.67. The third-order valence-corrected chi connectivity index (χ3v) is 12.4. The number of aromatic nitrogens is 2. The topological polar surface area (TPSA) is 73.3 Å². The summed E-state index contributed by atoms with van der Waals surface area (Å²) < 4.78 is 13.6. The van der Waals surface area contributed by atoms with Crippen molar-refractivity contribution in [2.45, 2.75) is 109 Å². The molecule has 0 aromatic carbocycles. The van der Waals surface area contributed by atoms with Gasteiger partial charge in [0.25, 0.3) is 0 Å². The summed E-state index contributed by atoms with van der Waals surface area (Å²) in [6.07, 6.45) is 8.51. The highest BCUT2D eigenvalue weighted by Gasteiger charge is 2.49. The lowest BCUT2D eigenvalue weighted by atomic mass is 9.69. The number of alkyl carbamates (subject to hydrolysis) is 1. The summed E-state index contributed by atoms with van der Waals surface area (Å²) in [5, 5.41) is 3.85. The molecule has 33 heavy (non-hydrogen) atoms. The Bertz CT molecular complexity index is 818. The van der Waals surface area contributed by atoms with Crippen LogP contribution in [0.1, 0.15) is 85.4 Å². The molecule has 0 saturated heterocycles. The van der Waals surface area contributed by atoms with E-state index in [2.05, 4.69) is 60.1 Å². The van der Waals surface area contributed by atoms with Crippen LogP contribution in [0.15, 0.2) is 15.8 Å². The van der Waals surface area contributed by atoms with Crippen molar-refractivity contribution >= 4 is 42.1 Å². The smallest absolute Gasteiger partial charge is 0.407 e. The van der Waals surface area contributed by atoms with Crippen LogP contribution in [-0.2, 0) is 9.16 Å². The minimum atomic E-state index is -2.16. The molecule has 188 valence electrons. The summed E-state index contributed by atoms with van der Waals surface area (Å²) >= 11 is 5.24. The average Bonchev–Trinajstić information content (AvgIpc) is 2.70. The largest absolute Gasteiger partial charge is 0.444 e. The van der Waals surface area contributed by atoms with E-state index in [4.69, 9.17) is 14.1 Å². The predicted octanol–water partition coefficient (Wildman–Crippen LogP) is 7.50. The maximum atomic E-state index is 12.6. The van der Waals surface area contributed by atoms with Gasteiger partial charge in [-0.15, -0.1) is 0 Å². The molecule has 0 aliphatic heterocycles. The standard InChI is InChI=1S/C24H42BrN3O3SSi/c1-22(2,3)30-21(29)27-16-24(13-11-10-12-14-24)19(31-33(8,9)23(4,5)6)18-17(25)15-26-20(28-18)32-7/h15,19H,10-14,16H2,1-9H3,(H,27,29). The summed E-state index contributed by atoms with van der Waals surface area (Å²) in [6.45, 7) is 17.5. The molecule has 1 N–H and O–H groups in total. The van der Waals surface area contributed by atoms with Gasteiger partial charge >= 0.3 is 6.09 Å². The molecule has 0 bridgehead atoms. The Balaban J connectivity index is 2.53. The maximum absolute atomic E-state index is 12.6. The van der Waals surface area contributed by atoms with Gasteiger partial charge in [-0.3, -0.25) is 0 Å². The molecule has 1 heterocycles. The Hall–Kier alpha value is -0.643. The van der Waals surface area contributed by atoms with Crippen molar-refractivity contribution in [1.29, 1.82) is 0 Å². The zero-order valence-corrected chi connectivity index (χ0v) is 25.2. The number of nitrogens with zero attached hydrogens (tertiary/aromatic N) is 2. The maximum Gasteiger partial charge on any atom is 0.407 e. The van der Waals surface area contributed by atoms with Crippen molar-refractivity contribution < 1.29 is 14.0 Å². The SMILES string of the molecule is CSc1ncc(Br)c(C(O[Si](C)(C)C(C)(C)C)C2(CNC(=O)OC(C)(C)C)CCCCC2)n1. The lowest BCUT2D eigenvalue weighted by Crippen LogP contribution is -2.50. The molecule has 1 atom stereocenters. The summed E-state index contributed by atoms with van der Waals surface area (Å²) in [4.78, 5) is 22.0. The van der Waals surface area contributed by atoms with E-state index in [1.807, 2.05) is 33.2 Å². The highest BCUT2D eigenvalue weighted by atomic mass is 79.9. The van der Waals surface area contributed by atoms with Crippen LogP contribution in [0.5, 0.6) is 0 Å². The normalized spacial score (nSPS) is 18.0. The Morgan fingerprint density at radius 2 is 1.82 bits per heavy atom. The molecule has 0 radical (unpaired) electrons. The first-order valence-corrected chi connectivity index (χ1v) is 16.7. The molecule has 1 amide bonds. The van der Waals surface area contributed by atoms with Crippen molar-refractivity contribution in [2.75, 3.05) is 12.8 Å². The molecule has 0 spiro atoms. The van der Waals surface area contributed by atoms with Gasteiger partial charge < -0.3 is 14.5 Å². The molecule has 1 saturated carbocycles. The Kier molecular flexibility index (Phi) is 9.49. The van der Waals surface area contributed by atoms with Crippen LogP contribution in [0.25, 0.3) is 0 Å². The highest BCUT2D eigenvalue weighted by molar-refractivity contribution is 9.10. The first-order valence-electron chi connectivity index (χ1n) is 11.8. The van der Waals surface area contributed by atoms with Crippen LogP contribution in [0, 0.1) is 5.41 Å². The fourth-order valence-electron chi connectivity index (χ4n) is 3.94. The Morgan fingerprint density at radius 1 is 1.21 bits per heavy atom. The number of rotatable bonds is 7. The van der Waals surface area contributed by atoms with E-state index in [1.165, 1.54) is 18.2 Å². The van der Waals surface area contributed by atoms with Gasteiger partial charge in [0.1, 0.15) is 5.60 Å². The van der Waals surface area contributed by atoms with Crippen molar-refractivity contribution in [3.05, 3.63) is 16.4 Å². The van der Waals surface area contributed by atoms with Gasteiger partial charge in [-0.1, -0.05) is 51.8 Å². The van der Waals surface area contributed by atoms with Crippen LogP contribution in [-0.4, -0.2) is 42.8 Å². The van der Waals surface area contributed by atoms with Crippen LogP contribution < -0.4 is 5.32 Å². The van der Waals surface area contributed by atoms with E-state index >= 15 is 0 Å². The van der Waals surface area contributed by atoms with Gasteiger partial charge in [0.15, 0.2) is 13.5 Å². The van der Waals surface area contributed by atoms with Crippen LogP contribution >= 0.6 is 27.7 Å². The number of thioether (sulfide) groups is 1. The first kappa shape index (κ1) is 28.6. The second kappa shape index (κ2) is 11.0. The summed E-state index contributed by atoms with van der Waals surface area (Å²) in [7, 11) is -2.16. The van der Waals surface area contributed by atoms with Crippen LogP contribution in [0.4, 0.5) is 4.79 Å². The molecule has 1 aliphatic carbocycles. The number of hydrogen-bond acceptors (Lipinski definition) is 6. The number of hydrogen-bond donors (Lipinski definition) is 1. The molecule has 6 nitrogen and oxygen atoms in total. The van der Waals surface area contributed by atoms with Crippen molar-refractivity contribution in [3.63, 3.8) is 0 Å². The van der Waals surface area contributed by atoms with Crippen molar-refractivity contribution in [1.82, 2.24) is 15.3 Å². The number of ether oxygens (including phenoxy) is 1. The molecule has 1 aromatic rings. The predicted molar refractivity (Wildman–Crippen MR) is 142 cm³/mol. The second-order valence-electron chi connectivity index (χ2n) is 11.6. The molecule has 1 fully saturated rings. The van der Waals surface area contributed by atoms with Gasteiger partial charge in [-0.2, -0.15) is 0 Å². The third-order valence-electron chi connectivity index (χ3n) is 6.79. The number of nitrogens with one attached hydrogen (secondary N) is 1. The Morgan fingerprint density at radius 3 is 2.33 bits per heavy atom. The number of carbonyl (C=O) groups is 1. The van der Waals surface area contributed by atoms with E-state index in [-0.39, 0.29) is 22.7 Å². The molecule has 1 unspecified atom stereocenters. The quantitative estimate of drug-likeness (QED) is 0.212. The lowest BCUT2D eigenvalue weighted by molar-refractivity contribution is -0.00441. The molecular weight excluding hydrogens is 518 g/mol. The molecule has 2 rings (SSSR count). The van der Waals surface area contributed by atoms with Gasteiger partial charge in [0, 0.05) is 18.2 Å². The van der Waals surface area contributed by atoms with Crippen molar-refractivity contribution in [3.8, 4) is 0 Å². The van der Waals surface area contributed by atoms with Crippen molar-refractivity contribution in [2.24, 2.45) is 5.41 Å². The molecule has 9 heteroatoms.